The lowest BCUT2D eigenvalue weighted by atomic mass is 10.2. The Balaban J connectivity index is 2.11. The quantitative estimate of drug-likeness (QED) is 0.858. The van der Waals surface area contributed by atoms with Crippen LogP contribution in [0.15, 0.2) is 35.2 Å². The van der Waals surface area contributed by atoms with Crippen molar-refractivity contribution in [3.63, 3.8) is 0 Å². The molecule has 0 atom stereocenters. The van der Waals surface area contributed by atoms with E-state index in [2.05, 4.69) is 69.0 Å². The van der Waals surface area contributed by atoms with Crippen LogP contribution in [0.3, 0.4) is 0 Å². The highest BCUT2D eigenvalue weighted by atomic mass is 79.9. The lowest BCUT2D eigenvalue weighted by Crippen LogP contribution is -2.13. The summed E-state index contributed by atoms with van der Waals surface area (Å²) in [6, 6.07) is 6.30. The standard InChI is InChI=1S/C14H18BrN3/c1-3-6-16-8-12-9-18(10-17-12)13-4-5-14(15)11(2)7-13/h4-5,7,9-10,16H,3,6,8H2,1-2H3. The monoisotopic (exact) mass is 307 g/mol. The molecule has 4 heteroatoms. The fourth-order valence-corrected chi connectivity index (χ4v) is 2.03. The Kier molecular flexibility index (Phi) is 4.55. The molecule has 96 valence electrons. The minimum absolute atomic E-state index is 0.830. The second-order valence-corrected chi connectivity index (χ2v) is 5.24. The summed E-state index contributed by atoms with van der Waals surface area (Å²) >= 11 is 3.51. The normalized spacial score (nSPS) is 10.8. The fourth-order valence-electron chi connectivity index (χ4n) is 1.78. The largest absolute Gasteiger partial charge is 0.311 e. The van der Waals surface area contributed by atoms with Crippen molar-refractivity contribution in [3.8, 4) is 5.69 Å². The average molecular weight is 308 g/mol. The van der Waals surface area contributed by atoms with Gasteiger partial charge in [-0.2, -0.15) is 0 Å². The molecule has 0 spiro atoms. The van der Waals surface area contributed by atoms with Crippen molar-refractivity contribution in [3.05, 3.63) is 46.5 Å². The molecule has 0 amide bonds. The Hall–Kier alpha value is -1.13. The summed E-state index contributed by atoms with van der Waals surface area (Å²) in [4.78, 5) is 4.41. The maximum Gasteiger partial charge on any atom is 0.0995 e. The Morgan fingerprint density at radius 2 is 2.22 bits per heavy atom. The molecule has 18 heavy (non-hydrogen) atoms. The van der Waals surface area contributed by atoms with Crippen LogP contribution in [0.25, 0.3) is 5.69 Å². The molecule has 2 rings (SSSR count). The molecule has 0 aliphatic carbocycles. The number of rotatable bonds is 5. The van der Waals surface area contributed by atoms with E-state index in [0.717, 1.165) is 35.4 Å². The smallest absolute Gasteiger partial charge is 0.0995 e. The van der Waals surface area contributed by atoms with Gasteiger partial charge < -0.3 is 9.88 Å². The molecule has 0 aliphatic rings. The van der Waals surface area contributed by atoms with Crippen molar-refractivity contribution in [1.82, 2.24) is 14.9 Å². The van der Waals surface area contributed by atoms with Crippen LogP contribution in [-0.2, 0) is 6.54 Å². The molecule has 1 aromatic heterocycles. The van der Waals surface area contributed by atoms with Crippen molar-refractivity contribution < 1.29 is 0 Å². The number of nitrogens with zero attached hydrogens (tertiary/aromatic N) is 2. The molecule has 0 fully saturated rings. The summed E-state index contributed by atoms with van der Waals surface area (Å²) in [5.74, 6) is 0. The molecule has 0 radical (unpaired) electrons. The zero-order valence-electron chi connectivity index (χ0n) is 10.8. The van der Waals surface area contributed by atoms with Gasteiger partial charge in [-0.1, -0.05) is 22.9 Å². The molecule has 0 unspecified atom stereocenters. The third-order valence-corrected chi connectivity index (χ3v) is 3.70. The minimum atomic E-state index is 0.830. The first-order valence-electron chi connectivity index (χ1n) is 6.21. The number of aryl methyl sites for hydroxylation is 1. The van der Waals surface area contributed by atoms with Gasteiger partial charge in [-0.05, 0) is 43.7 Å². The molecule has 3 nitrogen and oxygen atoms in total. The highest BCUT2D eigenvalue weighted by Crippen LogP contribution is 2.19. The van der Waals surface area contributed by atoms with E-state index >= 15 is 0 Å². The molecular weight excluding hydrogens is 290 g/mol. The van der Waals surface area contributed by atoms with E-state index in [1.54, 1.807) is 0 Å². The first-order valence-corrected chi connectivity index (χ1v) is 7.00. The van der Waals surface area contributed by atoms with Crippen molar-refractivity contribution in [2.45, 2.75) is 26.8 Å². The molecule has 0 bridgehead atoms. The summed E-state index contributed by atoms with van der Waals surface area (Å²) < 4.78 is 3.19. The number of aromatic nitrogens is 2. The minimum Gasteiger partial charge on any atom is -0.311 e. The van der Waals surface area contributed by atoms with E-state index in [9.17, 15) is 0 Å². The summed E-state index contributed by atoms with van der Waals surface area (Å²) in [6.07, 6.45) is 5.09. The second-order valence-electron chi connectivity index (χ2n) is 4.38. The van der Waals surface area contributed by atoms with Crippen molar-refractivity contribution in [2.75, 3.05) is 6.54 Å². The van der Waals surface area contributed by atoms with Gasteiger partial charge in [-0.15, -0.1) is 0 Å². The van der Waals surface area contributed by atoms with Crippen LogP contribution in [0.2, 0.25) is 0 Å². The third kappa shape index (κ3) is 3.21. The van der Waals surface area contributed by atoms with Gasteiger partial charge in [0.25, 0.3) is 0 Å². The summed E-state index contributed by atoms with van der Waals surface area (Å²) in [6.45, 7) is 6.12. The van der Waals surface area contributed by atoms with Crippen LogP contribution in [-0.4, -0.2) is 16.1 Å². The Morgan fingerprint density at radius 1 is 1.39 bits per heavy atom. The number of benzene rings is 1. The molecular formula is C14H18BrN3. The summed E-state index contributed by atoms with van der Waals surface area (Å²) in [7, 11) is 0. The van der Waals surface area contributed by atoms with E-state index in [-0.39, 0.29) is 0 Å². The van der Waals surface area contributed by atoms with Gasteiger partial charge in [-0.25, -0.2) is 4.98 Å². The van der Waals surface area contributed by atoms with E-state index in [1.165, 1.54) is 5.56 Å². The van der Waals surface area contributed by atoms with Gasteiger partial charge in [0.15, 0.2) is 0 Å². The average Bonchev–Trinajstić information content (AvgIpc) is 2.82. The van der Waals surface area contributed by atoms with Crippen LogP contribution in [0.1, 0.15) is 24.6 Å². The number of hydrogen-bond acceptors (Lipinski definition) is 2. The number of imidazole rings is 1. The van der Waals surface area contributed by atoms with E-state index in [1.807, 2.05) is 6.33 Å². The maximum absolute atomic E-state index is 4.41. The molecule has 1 N–H and O–H groups in total. The predicted molar refractivity (Wildman–Crippen MR) is 78.0 cm³/mol. The van der Waals surface area contributed by atoms with Crippen molar-refractivity contribution >= 4 is 15.9 Å². The number of halogens is 1. The third-order valence-electron chi connectivity index (χ3n) is 2.81. The molecule has 2 aromatic rings. The van der Waals surface area contributed by atoms with Crippen LogP contribution in [0, 0.1) is 6.92 Å². The van der Waals surface area contributed by atoms with Crippen LogP contribution < -0.4 is 5.32 Å². The van der Waals surface area contributed by atoms with Gasteiger partial charge in [0, 0.05) is 22.9 Å². The molecule has 0 saturated carbocycles. The summed E-state index contributed by atoms with van der Waals surface area (Å²) in [5.41, 5.74) is 3.45. The number of hydrogen-bond donors (Lipinski definition) is 1. The highest BCUT2D eigenvalue weighted by Gasteiger charge is 2.02. The lowest BCUT2D eigenvalue weighted by molar-refractivity contribution is 0.666. The molecule has 1 aromatic carbocycles. The topological polar surface area (TPSA) is 29.9 Å². The van der Waals surface area contributed by atoms with E-state index < -0.39 is 0 Å². The second kappa shape index (κ2) is 6.16. The first-order chi connectivity index (χ1) is 8.70. The van der Waals surface area contributed by atoms with Gasteiger partial charge in [0.2, 0.25) is 0 Å². The number of nitrogens with one attached hydrogen (secondary N) is 1. The highest BCUT2D eigenvalue weighted by molar-refractivity contribution is 9.10. The Labute approximate surface area is 116 Å². The van der Waals surface area contributed by atoms with E-state index in [4.69, 9.17) is 0 Å². The van der Waals surface area contributed by atoms with Gasteiger partial charge in [0.1, 0.15) is 0 Å². The summed E-state index contributed by atoms with van der Waals surface area (Å²) in [5, 5.41) is 3.35. The van der Waals surface area contributed by atoms with Gasteiger partial charge in [-0.3, -0.25) is 0 Å². The lowest BCUT2D eigenvalue weighted by Gasteiger charge is -2.04. The van der Waals surface area contributed by atoms with Crippen LogP contribution in [0.4, 0.5) is 0 Å². The van der Waals surface area contributed by atoms with Crippen molar-refractivity contribution in [1.29, 1.82) is 0 Å². The Morgan fingerprint density at radius 3 is 2.94 bits per heavy atom. The zero-order chi connectivity index (χ0) is 13.0. The zero-order valence-corrected chi connectivity index (χ0v) is 12.4. The fraction of sp³-hybridized carbons (Fsp3) is 0.357. The molecule has 1 heterocycles. The van der Waals surface area contributed by atoms with E-state index in [0.29, 0.717) is 0 Å². The SMILES string of the molecule is CCCNCc1cn(-c2ccc(Br)c(C)c2)cn1. The maximum atomic E-state index is 4.41. The predicted octanol–water partition coefficient (Wildman–Crippen LogP) is 3.44. The van der Waals surface area contributed by atoms with Crippen LogP contribution >= 0.6 is 15.9 Å². The van der Waals surface area contributed by atoms with Crippen molar-refractivity contribution in [2.24, 2.45) is 0 Å². The van der Waals surface area contributed by atoms with Gasteiger partial charge >= 0.3 is 0 Å². The van der Waals surface area contributed by atoms with Gasteiger partial charge in [0.05, 0.1) is 12.0 Å². The molecule has 0 saturated heterocycles. The Bertz CT molecular complexity index is 520. The molecule has 0 aliphatic heterocycles. The van der Waals surface area contributed by atoms with Crippen LogP contribution in [0.5, 0.6) is 0 Å². The first kappa shape index (κ1) is 13.3.